The van der Waals surface area contributed by atoms with Crippen LogP contribution in [-0.4, -0.2) is 27.9 Å². The molecule has 1 rings (SSSR count). The van der Waals surface area contributed by atoms with Crippen LogP contribution in [0.25, 0.3) is 0 Å². The van der Waals surface area contributed by atoms with E-state index in [1.54, 1.807) is 0 Å². The van der Waals surface area contributed by atoms with Gasteiger partial charge in [0.1, 0.15) is 0 Å². The van der Waals surface area contributed by atoms with E-state index in [1.807, 2.05) is 10.6 Å². The number of hydrogen-bond acceptors (Lipinski definition) is 5. The van der Waals surface area contributed by atoms with Gasteiger partial charge in [-0.3, -0.25) is 30.3 Å². The van der Waals surface area contributed by atoms with E-state index in [-0.39, 0.29) is 36.1 Å². The molecule has 1 aliphatic heterocycles. The van der Waals surface area contributed by atoms with Crippen LogP contribution in [0, 0.1) is 10.1 Å². The Balaban J connectivity index is 0. The second-order valence-electron chi connectivity index (χ2n) is 2.00. The van der Waals surface area contributed by atoms with Gasteiger partial charge in [-0.2, -0.15) is 0 Å². The largest absolute Gasteiger partial charge is 1.00 e. The third-order valence-electron chi connectivity index (χ3n) is 1.18. The van der Waals surface area contributed by atoms with Crippen molar-refractivity contribution in [3.05, 3.63) is 10.1 Å². The summed E-state index contributed by atoms with van der Waals surface area (Å²) in [6.45, 7) is 0. The third-order valence-corrected chi connectivity index (χ3v) is 1.39. The topological polar surface area (TPSA) is 101 Å². The van der Waals surface area contributed by atoms with Crippen molar-refractivity contribution in [1.82, 2.24) is 10.6 Å². The molecule has 1 fully saturated rings. The van der Waals surface area contributed by atoms with Crippen LogP contribution < -0.4 is 40.2 Å². The molecule has 0 aromatic rings. The Morgan fingerprint density at radius 3 is 2.08 bits per heavy atom. The Hall–Kier alpha value is -0.570. The predicted molar refractivity (Wildman–Crippen MR) is 40.8 cm³/mol. The summed E-state index contributed by atoms with van der Waals surface area (Å²) in [6.07, 6.45) is 0. The summed E-state index contributed by atoms with van der Waals surface area (Å²) < 4.78 is 0. The maximum Gasteiger partial charge on any atom is 1.00 e. The molecular weight excluding hydrogens is 209 g/mol. The van der Waals surface area contributed by atoms with Crippen molar-refractivity contribution in [2.75, 3.05) is 0 Å². The van der Waals surface area contributed by atoms with Crippen LogP contribution in [0.5, 0.6) is 0 Å². The average molecular weight is 213 g/mol. The zero-order valence-electron chi connectivity index (χ0n) is 7.57. The van der Waals surface area contributed by atoms with Gasteiger partial charge >= 0.3 is 47.4 Å². The van der Waals surface area contributed by atoms with Gasteiger partial charge in [0, 0.05) is 4.92 Å². The zero-order valence-corrected chi connectivity index (χ0v) is 9.38. The maximum absolute atomic E-state index is 10.8. The van der Waals surface area contributed by atoms with Gasteiger partial charge in [0.15, 0.2) is 5.11 Å². The van der Waals surface area contributed by atoms with E-state index in [2.05, 4.69) is 12.2 Å². The molecule has 0 aromatic carbocycles. The number of amides is 2. The van der Waals surface area contributed by atoms with Gasteiger partial charge in [0.25, 0.3) is 0 Å². The number of hydrogen-bond donors (Lipinski definition) is 2. The standard InChI is InChI=1S/C4H3N3O4S.Na.H/c8-2-1(7(10)11)3(9)6-4(12)5-2;;/h1H,(H2,5,6,8,9,12);;/q;+1;-1. The van der Waals surface area contributed by atoms with E-state index in [0.717, 1.165) is 0 Å². The minimum Gasteiger partial charge on any atom is -1.00 e. The molecular formula is C4H4N3NaO4S. The van der Waals surface area contributed by atoms with E-state index < -0.39 is 22.8 Å². The van der Waals surface area contributed by atoms with Crippen molar-refractivity contribution in [2.45, 2.75) is 6.04 Å². The molecule has 2 N–H and O–H groups in total. The van der Waals surface area contributed by atoms with E-state index in [0.29, 0.717) is 0 Å². The molecule has 13 heavy (non-hydrogen) atoms. The third kappa shape index (κ3) is 2.69. The van der Waals surface area contributed by atoms with Crippen molar-refractivity contribution in [3.63, 3.8) is 0 Å². The first-order valence-electron chi connectivity index (χ1n) is 2.81. The van der Waals surface area contributed by atoms with Crippen LogP contribution in [0.2, 0.25) is 0 Å². The Bertz CT molecular complexity index is 278. The van der Waals surface area contributed by atoms with Crippen LogP contribution in [0.3, 0.4) is 0 Å². The fraction of sp³-hybridized carbons (Fsp3) is 0.250. The van der Waals surface area contributed by atoms with Gasteiger partial charge in [-0.1, -0.05) is 0 Å². The summed E-state index contributed by atoms with van der Waals surface area (Å²) in [7, 11) is 0. The van der Waals surface area contributed by atoms with Crippen LogP contribution >= 0.6 is 12.2 Å². The van der Waals surface area contributed by atoms with Gasteiger partial charge in [-0.15, -0.1) is 0 Å². The van der Waals surface area contributed by atoms with Crippen LogP contribution in [0.4, 0.5) is 0 Å². The van der Waals surface area contributed by atoms with Crippen molar-refractivity contribution in [1.29, 1.82) is 0 Å². The fourth-order valence-corrected chi connectivity index (χ4v) is 0.903. The SMILES string of the molecule is O=C1NC(=S)NC(=O)C1[N+](=O)[O-].[H-].[Na+]. The van der Waals surface area contributed by atoms with Gasteiger partial charge in [0.05, 0.1) is 0 Å². The molecule has 0 aromatic heterocycles. The summed E-state index contributed by atoms with van der Waals surface area (Å²) in [5, 5.41) is 13.8. The molecule has 1 aliphatic rings. The minimum absolute atomic E-state index is 0. The Morgan fingerprint density at radius 2 is 1.77 bits per heavy atom. The second-order valence-corrected chi connectivity index (χ2v) is 2.40. The molecule has 1 heterocycles. The average Bonchev–Trinajstić information content (AvgIpc) is 1.82. The minimum atomic E-state index is -1.89. The van der Waals surface area contributed by atoms with E-state index in [9.17, 15) is 19.7 Å². The monoisotopic (exact) mass is 213 g/mol. The first-order valence-corrected chi connectivity index (χ1v) is 3.22. The second kappa shape index (κ2) is 4.61. The molecule has 9 heteroatoms. The van der Waals surface area contributed by atoms with Gasteiger partial charge in [-0.05, 0) is 12.2 Å². The smallest absolute Gasteiger partial charge is 1.00 e. The first-order chi connectivity index (χ1) is 5.52. The van der Waals surface area contributed by atoms with Crippen molar-refractivity contribution < 1.29 is 45.5 Å². The van der Waals surface area contributed by atoms with Crippen molar-refractivity contribution >= 4 is 29.1 Å². The molecule has 0 bridgehead atoms. The molecule has 0 atom stereocenters. The van der Waals surface area contributed by atoms with Crippen molar-refractivity contribution in [2.24, 2.45) is 0 Å². The van der Waals surface area contributed by atoms with Crippen LogP contribution in [0.15, 0.2) is 0 Å². The molecule has 2 amide bonds. The molecule has 7 nitrogen and oxygen atoms in total. The number of rotatable bonds is 1. The molecule has 0 aliphatic carbocycles. The number of nitrogens with one attached hydrogen (secondary N) is 2. The van der Waals surface area contributed by atoms with Crippen LogP contribution in [0.1, 0.15) is 1.43 Å². The molecule has 66 valence electrons. The Morgan fingerprint density at radius 1 is 1.38 bits per heavy atom. The summed E-state index contributed by atoms with van der Waals surface area (Å²) >= 11 is 4.41. The van der Waals surface area contributed by atoms with Crippen molar-refractivity contribution in [3.8, 4) is 0 Å². The van der Waals surface area contributed by atoms with Gasteiger partial charge in [-0.25, -0.2) is 0 Å². The molecule has 1 saturated heterocycles. The summed E-state index contributed by atoms with van der Waals surface area (Å²) in [5.74, 6) is -2.01. The van der Waals surface area contributed by atoms with E-state index in [1.165, 1.54) is 0 Å². The zero-order chi connectivity index (χ0) is 9.30. The predicted octanol–water partition coefficient (Wildman–Crippen LogP) is -4.72. The summed E-state index contributed by atoms with van der Waals surface area (Å²) in [6, 6.07) is -1.89. The van der Waals surface area contributed by atoms with Crippen LogP contribution in [-0.2, 0) is 9.59 Å². The quantitative estimate of drug-likeness (QED) is 0.150. The number of carbonyl (C=O) groups is 2. The summed E-state index contributed by atoms with van der Waals surface area (Å²) in [5.41, 5.74) is 0. The normalized spacial score (nSPS) is 17.1. The van der Waals surface area contributed by atoms with Gasteiger partial charge < -0.3 is 1.43 Å². The molecule has 0 radical (unpaired) electrons. The molecule has 0 unspecified atom stereocenters. The molecule has 0 saturated carbocycles. The Labute approximate surface area is 101 Å². The fourth-order valence-electron chi connectivity index (χ4n) is 0.702. The number of nitrogens with zero attached hydrogens (tertiary/aromatic N) is 1. The number of thiocarbonyl (C=S) groups is 1. The van der Waals surface area contributed by atoms with E-state index >= 15 is 0 Å². The van der Waals surface area contributed by atoms with E-state index in [4.69, 9.17) is 0 Å². The number of nitro groups is 1. The number of carbonyl (C=O) groups excluding carboxylic acids is 2. The maximum atomic E-state index is 10.8. The molecule has 0 spiro atoms. The summed E-state index contributed by atoms with van der Waals surface area (Å²) in [4.78, 5) is 30.7. The Kier molecular flexibility index (Phi) is 4.40. The first kappa shape index (κ1) is 12.4. The van der Waals surface area contributed by atoms with Gasteiger partial charge in [0.2, 0.25) is 0 Å².